The number of hydrogen-bond acceptors (Lipinski definition) is 9. The monoisotopic (exact) mass is 567 g/mol. The van der Waals surface area contributed by atoms with E-state index in [0.29, 0.717) is 26.4 Å². The van der Waals surface area contributed by atoms with Gasteiger partial charge >= 0.3 is 0 Å². The number of nitrogens with zero attached hydrogens (tertiary/aromatic N) is 1. The Labute approximate surface area is 241 Å². The topological polar surface area (TPSA) is 77.1 Å². The third-order valence-electron chi connectivity index (χ3n) is 8.80. The van der Waals surface area contributed by atoms with Gasteiger partial charge in [-0.2, -0.15) is 5.06 Å². The van der Waals surface area contributed by atoms with Crippen molar-refractivity contribution in [2.75, 3.05) is 13.2 Å². The first-order valence-corrected chi connectivity index (χ1v) is 14.8. The molecule has 9 atom stereocenters. The molecule has 0 spiro atoms. The van der Waals surface area contributed by atoms with E-state index >= 15 is 0 Å². The van der Waals surface area contributed by atoms with E-state index in [9.17, 15) is 0 Å². The third-order valence-corrected chi connectivity index (χ3v) is 8.80. The molecule has 2 aromatic carbocycles. The molecule has 9 nitrogen and oxygen atoms in total. The fraction of sp³-hybridized carbons (Fsp3) is 0.625. The number of ether oxygens (including phenoxy) is 7. The first-order chi connectivity index (χ1) is 19.8. The van der Waals surface area contributed by atoms with E-state index in [2.05, 4.69) is 24.3 Å². The second-order valence-electron chi connectivity index (χ2n) is 12.6. The van der Waals surface area contributed by atoms with Crippen molar-refractivity contribution in [1.82, 2.24) is 5.06 Å². The molecule has 41 heavy (non-hydrogen) atoms. The minimum absolute atomic E-state index is 0.0467. The van der Waals surface area contributed by atoms with Crippen LogP contribution in [0.2, 0.25) is 0 Å². The van der Waals surface area contributed by atoms with E-state index in [1.54, 1.807) is 0 Å². The lowest BCUT2D eigenvalue weighted by atomic mass is 10.0. The first-order valence-electron chi connectivity index (χ1n) is 14.8. The molecule has 2 aromatic rings. The van der Waals surface area contributed by atoms with Crippen LogP contribution in [0.3, 0.4) is 0 Å². The summed E-state index contributed by atoms with van der Waals surface area (Å²) in [7, 11) is 0. The fourth-order valence-corrected chi connectivity index (χ4v) is 7.00. The van der Waals surface area contributed by atoms with Crippen molar-refractivity contribution in [2.24, 2.45) is 5.92 Å². The Kier molecular flexibility index (Phi) is 7.46. The van der Waals surface area contributed by atoms with E-state index in [4.69, 9.17) is 38.0 Å². The van der Waals surface area contributed by atoms with Crippen molar-refractivity contribution in [2.45, 2.75) is 108 Å². The molecular formula is C32H41NO8. The molecule has 9 heteroatoms. The molecule has 4 heterocycles. The van der Waals surface area contributed by atoms with Crippen LogP contribution in [-0.2, 0) is 51.2 Å². The van der Waals surface area contributed by atoms with Gasteiger partial charge in [-0.1, -0.05) is 60.7 Å². The molecule has 0 N–H and O–H groups in total. The number of benzene rings is 2. The molecule has 222 valence electrons. The molecule has 0 radical (unpaired) electrons. The Morgan fingerprint density at radius 1 is 0.756 bits per heavy atom. The lowest BCUT2D eigenvalue weighted by Crippen LogP contribution is -2.46. The van der Waals surface area contributed by atoms with Gasteiger partial charge in [0.1, 0.15) is 24.4 Å². The standard InChI is InChI=1S/C32H41NO8/c1-31(2)36-19-25(39-31)27-28-29(41-32(3,4)40-28)30(38-27)33-23-15-24(34-16-20-11-7-5-8-12-20)26(22(23)18-37-33)35-17-21-13-9-6-10-14-21/h5-14,22-30H,15-19H2,1-4H3. The van der Waals surface area contributed by atoms with Crippen LogP contribution in [0.1, 0.15) is 45.2 Å². The predicted molar refractivity (Wildman–Crippen MR) is 147 cm³/mol. The Bertz CT molecular complexity index is 1180. The van der Waals surface area contributed by atoms with E-state index < -0.39 is 17.8 Å². The Hall–Kier alpha value is -1.92. The summed E-state index contributed by atoms with van der Waals surface area (Å²) in [5.41, 5.74) is 2.28. The molecule has 9 unspecified atom stereocenters. The molecule has 0 amide bonds. The van der Waals surface area contributed by atoms with E-state index in [1.807, 2.05) is 69.2 Å². The number of hydrogen-bond donors (Lipinski definition) is 0. The van der Waals surface area contributed by atoms with Gasteiger partial charge in [-0.3, -0.25) is 4.84 Å². The van der Waals surface area contributed by atoms with Crippen LogP contribution >= 0.6 is 0 Å². The number of rotatable bonds is 8. The summed E-state index contributed by atoms with van der Waals surface area (Å²) in [6.45, 7) is 9.75. The van der Waals surface area contributed by atoms with Crippen LogP contribution in [0, 0.1) is 5.92 Å². The van der Waals surface area contributed by atoms with E-state index in [1.165, 1.54) is 0 Å². The van der Waals surface area contributed by atoms with Crippen molar-refractivity contribution in [1.29, 1.82) is 0 Å². The van der Waals surface area contributed by atoms with Crippen LogP contribution in [0.25, 0.3) is 0 Å². The van der Waals surface area contributed by atoms with Gasteiger partial charge in [0.15, 0.2) is 17.8 Å². The van der Waals surface area contributed by atoms with Gasteiger partial charge < -0.3 is 33.2 Å². The van der Waals surface area contributed by atoms with Crippen molar-refractivity contribution in [3.8, 4) is 0 Å². The summed E-state index contributed by atoms with van der Waals surface area (Å²) < 4.78 is 44.7. The summed E-state index contributed by atoms with van der Waals surface area (Å²) in [6.07, 6.45) is -1.11. The van der Waals surface area contributed by atoms with Gasteiger partial charge in [-0.25, -0.2) is 0 Å². The van der Waals surface area contributed by atoms with Crippen molar-refractivity contribution in [3.05, 3.63) is 71.8 Å². The van der Waals surface area contributed by atoms with Crippen LogP contribution in [0.4, 0.5) is 0 Å². The first kappa shape index (κ1) is 27.9. The largest absolute Gasteiger partial charge is 0.371 e. The average Bonchev–Trinajstić information content (AvgIpc) is 3.74. The maximum atomic E-state index is 6.68. The van der Waals surface area contributed by atoms with Gasteiger partial charge in [0.25, 0.3) is 0 Å². The summed E-state index contributed by atoms with van der Waals surface area (Å²) in [5.74, 6) is -1.27. The average molecular weight is 568 g/mol. The third kappa shape index (κ3) is 5.60. The molecule has 0 aromatic heterocycles. The molecule has 7 rings (SSSR count). The molecule has 1 saturated carbocycles. The summed E-state index contributed by atoms with van der Waals surface area (Å²) in [4.78, 5) is 6.39. The number of hydroxylamine groups is 2. The van der Waals surface area contributed by atoms with E-state index in [0.717, 1.165) is 17.5 Å². The molecule has 4 aliphatic heterocycles. The van der Waals surface area contributed by atoms with Crippen molar-refractivity contribution in [3.63, 3.8) is 0 Å². The lowest BCUT2D eigenvalue weighted by molar-refractivity contribution is -0.283. The molecular weight excluding hydrogens is 526 g/mol. The molecule has 4 saturated heterocycles. The molecule has 5 aliphatic rings. The Morgan fingerprint density at radius 2 is 1.41 bits per heavy atom. The van der Waals surface area contributed by atoms with Crippen molar-refractivity contribution < 1.29 is 38.0 Å². The Morgan fingerprint density at radius 3 is 2.07 bits per heavy atom. The molecule has 1 aliphatic carbocycles. The summed E-state index contributed by atoms with van der Waals surface area (Å²) in [5, 5.41) is 2.00. The fourth-order valence-electron chi connectivity index (χ4n) is 7.00. The highest BCUT2D eigenvalue weighted by Crippen LogP contribution is 2.48. The zero-order valence-corrected chi connectivity index (χ0v) is 24.2. The maximum absolute atomic E-state index is 6.68. The maximum Gasteiger partial charge on any atom is 0.164 e. The van der Waals surface area contributed by atoms with Gasteiger partial charge in [0.05, 0.1) is 38.6 Å². The summed E-state index contributed by atoms with van der Waals surface area (Å²) in [6, 6.07) is 20.6. The lowest BCUT2D eigenvalue weighted by Gasteiger charge is -2.32. The zero-order valence-electron chi connectivity index (χ0n) is 24.2. The highest BCUT2D eigenvalue weighted by Gasteiger charge is 2.64. The highest BCUT2D eigenvalue weighted by molar-refractivity contribution is 5.15. The van der Waals surface area contributed by atoms with Crippen LogP contribution < -0.4 is 0 Å². The quantitative estimate of drug-likeness (QED) is 0.467. The Balaban J connectivity index is 1.10. The van der Waals surface area contributed by atoms with Crippen LogP contribution in [0.15, 0.2) is 60.7 Å². The second kappa shape index (κ2) is 11.0. The van der Waals surface area contributed by atoms with Gasteiger partial charge in [0, 0.05) is 12.0 Å². The minimum atomic E-state index is -0.734. The van der Waals surface area contributed by atoms with Gasteiger partial charge in [-0.15, -0.1) is 0 Å². The molecule has 0 bridgehead atoms. The van der Waals surface area contributed by atoms with Gasteiger partial charge in [0.2, 0.25) is 0 Å². The van der Waals surface area contributed by atoms with E-state index in [-0.39, 0.29) is 48.6 Å². The smallest absolute Gasteiger partial charge is 0.164 e. The number of fused-ring (bicyclic) bond motifs is 2. The van der Waals surface area contributed by atoms with Crippen molar-refractivity contribution >= 4 is 0 Å². The van der Waals surface area contributed by atoms with Crippen LogP contribution in [0.5, 0.6) is 0 Å². The predicted octanol–water partition coefficient (Wildman–Crippen LogP) is 4.19. The van der Waals surface area contributed by atoms with Gasteiger partial charge in [-0.05, 0) is 45.2 Å². The molecule has 5 fully saturated rings. The SMILES string of the molecule is CC1(C)OCC(C2OC(N3OCC4C(OCc5ccccc5)C(OCc5ccccc5)CC43)C3OC(C)(C)OC23)O1. The van der Waals surface area contributed by atoms with Crippen LogP contribution in [-0.4, -0.2) is 78.7 Å². The zero-order chi connectivity index (χ0) is 28.2. The highest BCUT2D eigenvalue weighted by atomic mass is 16.8. The normalized spacial score (nSPS) is 39.3. The minimum Gasteiger partial charge on any atom is -0.371 e. The second-order valence-corrected chi connectivity index (χ2v) is 12.6. The summed E-state index contributed by atoms with van der Waals surface area (Å²) >= 11 is 0.